The molecular weight excluding hydrogens is 574 g/mol. The van der Waals surface area contributed by atoms with Crippen LogP contribution in [0, 0.1) is 12.8 Å². The number of hydrogen-bond donors (Lipinski definition) is 2. The quantitative estimate of drug-likeness (QED) is 0.305. The van der Waals surface area contributed by atoms with E-state index in [2.05, 4.69) is 36.1 Å². The summed E-state index contributed by atoms with van der Waals surface area (Å²) in [4.78, 5) is 31.4. The molecule has 16 heteroatoms. The van der Waals surface area contributed by atoms with Crippen LogP contribution in [-0.4, -0.2) is 53.3 Å². The van der Waals surface area contributed by atoms with Gasteiger partial charge >= 0.3 is 6.18 Å². The van der Waals surface area contributed by atoms with Gasteiger partial charge in [-0.3, -0.25) is 9.59 Å². The third kappa shape index (κ3) is 6.57. The van der Waals surface area contributed by atoms with Crippen LogP contribution >= 0.6 is 23.2 Å². The van der Waals surface area contributed by atoms with Gasteiger partial charge in [0, 0.05) is 17.8 Å². The number of aryl methyl sites for hydroxylation is 1. The van der Waals surface area contributed by atoms with Gasteiger partial charge in [0.1, 0.15) is 12.2 Å². The first kappa shape index (κ1) is 29.0. The molecule has 0 fully saturated rings. The van der Waals surface area contributed by atoms with Gasteiger partial charge < -0.3 is 10.6 Å². The molecule has 0 saturated heterocycles. The minimum absolute atomic E-state index is 0.0744. The molecule has 0 aliphatic carbocycles. The lowest BCUT2D eigenvalue weighted by Gasteiger charge is -2.16. The van der Waals surface area contributed by atoms with Gasteiger partial charge in [-0.15, -0.1) is 10.2 Å². The third-order valence-electron chi connectivity index (χ3n) is 5.40. The molecule has 210 valence electrons. The number of aromatic nitrogens is 7. The smallest absolute Gasteiger partial charge is 0.352 e. The van der Waals surface area contributed by atoms with Crippen LogP contribution in [0.5, 0.6) is 0 Å². The van der Waals surface area contributed by atoms with Gasteiger partial charge in [0.25, 0.3) is 17.6 Å². The number of hydrogen-bond acceptors (Lipinski definition) is 7. The summed E-state index contributed by atoms with van der Waals surface area (Å²) >= 11 is 12.5. The van der Waals surface area contributed by atoms with Crippen molar-refractivity contribution in [2.45, 2.75) is 33.5 Å². The summed E-state index contributed by atoms with van der Waals surface area (Å²) < 4.78 is 39.9. The van der Waals surface area contributed by atoms with E-state index in [-0.39, 0.29) is 45.9 Å². The van der Waals surface area contributed by atoms with Crippen LogP contribution in [0.25, 0.3) is 5.82 Å². The molecule has 0 atom stereocenters. The molecule has 0 radical (unpaired) electrons. The third-order valence-corrected chi connectivity index (χ3v) is 5.91. The fourth-order valence-electron chi connectivity index (χ4n) is 3.59. The normalized spacial score (nSPS) is 11.6. The second-order valence-electron chi connectivity index (χ2n) is 9.09. The van der Waals surface area contributed by atoms with Gasteiger partial charge in [0.2, 0.25) is 0 Å². The van der Waals surface area contributed by atoms with Gasteiger partial charge in [0.15, 0.2) is 5.82 Å². The molecule has 4 aromatic rings. The van der Waals surface area contributed by atoms with Gasteiger partial charge in [-0.2, -0.15) is 23.1 Å². The molecule has 0 unspecified atom stereocenters. The van der Waals surface area contributed by atoms with Gasteiger partial charge in [0.05, 0.1) is 22.0 Å². The molecule has 1 aromatic carbocycles. The average molecular weight is 596 g/mol. The first-order valence-corrected chi connectivity index (χ1v) is 12.5. The Kier molecular flexibility index (Phi) is 8.40. The van der Waals surface area contributed by atoms with E-state index in [0.29, 0.717) is 21.9 Å². The van der Waals surface area contributed by atoms with Gasteiger partial charge in [-0.05, 0) is 54.0 Å². The highest BCUT2D eigenvalue weighted by Gasteiger charge is 2.37. The van der Waals surface area contributed by atoms with E-state index < -0.39 is 23.8 Å². The van der Waals surface area contributed by atoms with Crippen LogP contribution in [0.15, 0.2) is 36.5 Å². The molecule has 0 spiro atoms. The molecule has 3 aromatic heterocycles. The highest BCUT2D eigenvalue weighted by atomic mass is 35.5. The van der Waals surface area contributed by atoms with Crippen molar-refractivity contribution in [3.8, 4) is 5.82 Å². The van der Waals surface area contributed by atoms with Crippen LogP contribution < -0.4 is 10.6 Å². The Hall–Kier alpha value is -4.04. The Morgan fingerprint density at radius 1 is 1.10 bits per heavy atom. The highest BCUT2D eigenvalue weighted by molar-refractivity contribution is 6.32. The highest BCUT2D eigenvalue weighted by Crippen LogP contribution is 2.28. The second kappa shape index (κ2) is 11.6. The number of halogens is 5. The van der Waals surface area contributed by atoms with E-state index in [1.165, 1.54) is 24.4 Å². The lowest BCUT2D eigenvalue weighted by atomic mass is 10.1. The minimum atomic E-state index is -4.78. The fraction of sp³-hybridized carbons (Fsp3) is 0.292. The maximum atomic E-state index is 13.6. The SMILES string of the molecule is Cc1cc(Cl)cc(C(=O)NCC(C)C)c1NC(=O)c1cc(Cn2nnc(C(F)(F)F)n2)nn1-c1ncccc1Cl. The van der Waals surface area contributed by atoms with E-state index in [1.807, 2.05) is 13.8 Å². The van der Waals surface area contributed by atoms with E-state index in [9.17, 15) is 22.8 Å². The standard InChI is InChI=1S/C24H22Cl2F3N9O2/c1-12(2)10-31-21(39)16-8-14(25)7-13(3)19(16)32-22(40)18-9-15(11-37-35-23(33-36-37)24(27,28)29)34-38(18)20-17(26)5-4-6-30-20/h4-9,12H,10-11H2,1-3H3,(H,31,39)(H,32,40). The topological polar surface area (TPSA) is 133 Å². The van der Waals surface area contributed by atoms with Gasteiger partial charge in [-0.25, -0.2) is 9.67 Å². The average Bonchev–Trinajstić information content (AvgIpc) is 3.52. The molecule has 3 heterocycles. The summed E-state index contributed by atoms with van der Waals surface area (Å²) in [5.74, 6) is -2.28. The summed E-state index contributed by atoms with van der Waals surface area (Å²) in [6, 6.07) is 7.45. The van der Waals surface area contributed by atoms with Crippen molar-refractivity contribution in [3.05, 3.63) is 74.9 Å². The molecule has 2 amide bonds. The first-order valence-electron chi connectivity index (χ1n) is 11.8. The Labute approximate surface area is 235 Å². The Bertz CT molecular complexity index is 1570. The number of nitrogens with one attached hydrogen (secondary N) is 2. The van der Waals surface area contributed by atoms with Crippen LogP contribution in [0.3, 0.4) is 0 Å². The summed E-state index contributed by atoms with van der Waals surface area (Å²) in [5.41, 5.74) is 0.914. The lowest BCUT2D eigenvalue weighted by Crippen LogP contribution is -2.29. The van der Waals surface area contributed by atoms with Crippen LogP contribution in [0.1, 0.15) is 51.8 Å². The second-order valence-corrected chi connectivity index (χ2v) is 9.93. The number of anilines is 1. The van der Waals surface area contributed by atoms with Crippen molar-refractivity contribution in [2.24, 2.45) is 5.92 Å². The maximum Gasteiger partial charge on any atom is 0.455 e. The first-order chi connectivity index (χ1) is 18.8. The van der Waals surface area contributed by atoms with Crippen molar-refractivity contribution in [2.75, 3.05) is 11.9 Å². The monoisotopic (exact) mass is 595 g/mol. The Balaban J connectivity index is 1.72. The number of amides is 2. The van der Waals surface area contributed by atoms with Crippen LogP contribution in [-0.2, 0) is 12.7 Å². The number of carbonyl (C=O) groups excluding carboxylic acids is 2. The molecule has 0 aliphatic rings. The molecule has 11 nitrogen and oxygen atoms in total. The number of carbonyl (C=O) groups is 2. The Morgan fingerprint density at radius 2 is 1.85 bits per heavy atom. The summed E-state index contributed by atoms with van der Waals surface area (Å²) in [7, 11) is 0. The summed E-state index contributed by atoms with van der Waals surface area (Å²) in [5, 5.41) is 20.0. The van der Waals surface area contributed by atoms with E-state index in [1.54, 1.807) is 19.1 Å². The van der Waals surface area contributed by atoms with Crippen molar-refractivity contribution < 1.29 is 22.8 Å². The summed E-state index contributed by atoms with van der Waals surface area (Å²) in [6.45, 7) is 5.61. The molecule has 0 saturated carbocycles. The van der Waals surface area contributed by atoms with Crippen molar-refractivity contribution in [1.29, 1.82) is 0 Å². The predicted octanol–water partition coefficient (Wildman–Crippen LogP) is 4.57. The number of nitrogens with zero attached hydrogens (tertiary/aromatic N) is 7. The Morgan fingerprint density at radius 3 is 2.50 bits per heavy atom. The number of rotatable bonds is 8. The molecule has 40 heavy (non-hydrogen) atoms. The zero-order valence-electron chi connectivity index (χ0n) is 21.3. The van der Waals surface area contributed by atoms with Crippen molar-refractivity contribution >= 4 is 40.7 Å². The predicted molar refractivity (Wildman–Crippen MR) is 140 cm³/mol. The summed E-state index contributed by atoms with van der Waals surface area (Å²) in [6.07, 6.45) is -3.35. The number of benzene rings is 1. The number of alkyl halides is 3. The molecule has 0 bridgehead atoms. The molecular formula is C24H22Cl2F3N9O2. The molecule has 2 N–H and O–H groups in total. The zero-order valence-corrected chi connectivity index (χ0v) is 22.8. The van der Waals surface area contributed by atoms with Crippen molar-refractivity contribution in [3.63, 3.8) is 0 Å². The largest absolute Gasteiger partial charge is 0.455 e. The maximum absolute atomic E-state index is 13.6. The van der Waals surface area contributed by atoms with E-state index in [4.69, 9.17) is 23.2 Å². The van der Waals surface area contributed by atoms with E-state index >= 15 is 0 Å². The van der Waals surface area contributed by atoms with Gasteiger partial charge in [-0.1, -0.05) is 37.0 Å². The molecule has 0 aliphatic heterocycles. The van der Waals surface area contributed by atoms with Crippen LogP contribution in [0.4, 0.5) is 18.9 Å². The zero-order chi connectivity index (χ0) is 29.2. The lowest BCUT2D eigenvalue weighted by molar-refractivity contribution is -0.145. The molecule has 4 rings (SSSR count). The number of pyridine rings is 1. The minimum Gasteiger partial charge on any atom is -0.352 e. The van der Waals surface area contributed by atoms with Crippen LogP contribution in [0.2, 0.25) is 10.0 Å². The van der Waals surface area contributed by atoms with E-state index in [0.717, 1.165) is 4.68 Å². The van der Waals surface area contributed by atoms with Crippen molar-refractivity contribution in [1.82, 2.24) is 40.3 Å². The fourth-order valence-corrected chi connectivity index (χ4v) is 4.06. The number of tetrazole rings is 1.